The molecule has 0 bridgehead atoms. The summed E-state index contributed by atoms with van der Waals surface area (Å²) in [4.78, 5) is 4.62. The van der Waals surface area contributed by atoms with Gasteiger partial charge in [0, 0.05) is 31.8 Å². The molecule has 0 aromatic rings. The lowest BCUT2D eigenvalue weighted by Crippen LogP contribution is -2.44. The average molecular weight is 296 g/mol. The highest BCUT2D eigenvalue weighted by atomic mass is 32.1. The normalized spacial score (nSPS) is 15.8. The zero-order chi connectivity index (χ0) is 15.5. The molecule has 1 rings (SSSR count). The highest BCUT2D eigenvalue weighted by molar-refractivity contribution is 7.80. The van der Waals surface area contributed by atoms with Gasteiger partial charge in [-0.1, -0.05) is 25.2 Å². The minimum Gasteiger partial charge on any atom is -0.378 e. The summed E-state index contributed by atoms with van der Waals surface area (Å²) in [5.74, 6) is -0.192. The molecule has 4 heteroatoms. The molecule has 0 aromatic heterocycles. The number of halogens is 1. The van der Waals surface area contributed by atoms with Gasteiger partial charge < -0.3 is 9.80 Å². The summed E-state index contributed by atoms with van der Waals surface area (Å²) < 4.78 is 14.4. The summed E-state index contributed by atoms with van der Waals surface area (Å²) in [5, 5.41) is 0. The van der Waals surface area contributed by atoms with Crippen LogP contribution in [0.2, 0.25) is 0 Å². The third kappa shape index (κ3) is 3.69. The molecule has 0 fully saturated rings. The van der Waals surface area contributed by atoms with Crippen LogP contribution >= 0.6 is 12.2 Å². The van der Waals surface area contributed by atoms with Gasteiger partial charge in [0.15, 0.2) is 0 Å². The topological polar surface area (TPSA) is 6.48 Å². The standard InChI is InChI=1S/C16H25FN2S/c1-7-16(3,4)19(12(2)20)13-9-8-10-15(18(5)6)14(17)11-13/h8-9,11H,7,10H2,1-6H3. The van der Waals surface area contributed by atoms with Crippen molar-refractivity contribution in [3.8, 4) is 0 Å². The third-order valence-electron chi connectivity index (χ3n) is 3.73. The van der Waals surface area contributed by atoms with Crippen molar-refractivity contribution in [2.24, 2.45) is 0 Å². The molecule has 0 amide bonds. The molecule has 20 heavy (non-hydrogen) atoms. The van der Waals surface area contributed by atoms with Crippen LogP contribution in [-0.4, -0.2) is 34.4 Å². The van der Waals surface area contributed by atoms with Crippen molar-refractivity contribution in [2.75, 3.05) is 14.1 Å². The van der Waals surface area contributed by atoms with E-state index in [2.05, 4.69) is 20.8 Å². The second-order valence-electron chi connectivity index (χ2n) is 5.89. The van der Waals surface area contributed by atoms with E-state index in [1.165, 1.54) is 0 Å². The Morgan fingerprint density at radius 1 is 1.40 bits per heavy atom. The fourth-order valence-corrected chi connectivity index (χ4v) is 2.65. The molecular formula is C16H25FN2S. The predicted molar refractivity (Wildman–Crippen MR) is 88.1 cm³/mol. The van der Waals surface area contributed by atoms with Crippen molar-refractivity contribution in [1.29, 1.82) is 0 Å². The molecule has 0 N–H and O–H groups in total. The highest BCUT2D eigenvalue weighted by Crippen LogP contribution is 2.29. The van der Waals surface area contributed by atoms with E-state index in [0.717, 1.165) is 17.1 Å². The van der Waals surface area contributed by atoms with Crippen LogP contribution in [0.1, 0.15) is 40.5 Å². The molecule has 0 saturated heterocycles. The van der Waals surface area contributed by atoms with Gasteiger partial charge in [0.25, 0.3) is 0 Å². The van der Waals surface area contributed by atoms with E-state index >= 15 is 0 Å². The Balaban J connectivity index is 3.29. The third-order valence-corrected chi connectivity index (χ3v) is 3.92. The van der Waals surface area contributed by atoms with Crippen LogP contribution in [0.15, 0.2) is 35.4 Å². The first-order valence-corrected chi connectivity index (χ1v) is 7.36. The van der Waals surface area contributed by atoms with Crippen LogP contribution in [0.25, 0.3) is 0 Å². The second-order valence-corrected chi connectivity index (χ2v) is 6.48. The van der Waals surface area contributed by atoms with Crippen LogP contribution in [0, 0.1) is 0 Å². The van der Waals surface area contributed by atoms with E-state index in [-0.39, 0.29) is 11.4 Å². The van der Waals surface area contributed by atoms with E-state index in [1.807, 2.05) is 43.0 Å². The summed E-state index contributed by atoms with van der Waals surface area (Å²) in [5.41, 5.74) is 1.37. The lowest BCUT2D eigenvalue weighted by Gasteiger charge is -2.39. The van der Waals surface area contributed by atoms with Crippen molar-refractivity contribution < 1.29 is 4.39 Å². The van der Waals surface area contributed by atoms with Crippen LogP contribution < -0.4 is 0 Å². The molecule has 0 radical (unpaired) electrons. The molecule has 0 aromatic carbocycles. The van der Waals surface area contributed by atoms with Gasteiger partial charge in [-0.05, 0) is 39.3 Å². The van der Waals surface area contributed by atoms with E-state index < -0.39 is 0 Å². The Kier molecular flexibility index (Phi) is 5.51. The van der Waals surface area contributed by atoms with Crippen LogP contribution in [0.3, 0.4) is 0 Å². The molecule has 1 aliphatic rings. The number of hydrogen-bond donors (Lipinski definition) is 0. The van der Waals surface area contributed by atoms with Crippen molar-refractivity contribution in [3.63, 3.8) is 0 Å². The van der Waals surface area contributed by atoms with Gasteiger partial charge in [-0.25, -0.2) is 4.39 Å². The monoisotopic (exact) mass is 296 g/mol. The summed E-state index contributed by atoms with van der Waals surface area (Å²) >= 11 is 5.38. The number of rotatable bonds is 4. The quantitative estimate of drug-likeness (QED) is 0.710. The molecule has 0 saturated carbocycles. The van der Waals surface area contributed by atoms with E-state index in [4.69, 9.17) is 12.2 Å². The zero-order valence-electron chi connectivity index (χ0n) is 13.3. The van der Waals surface area contributed by atoms with Crippen LogP contribution in [-0.2, 0) is 0 Å². The Morgan fingerprint density at radius 3 is 2.45 bits per heavy atom. The molecule has 112 valence electrons. The number of thiocarbonyl (C=S) groups is 1. The van der Waals surface area contributed by atoms with Crippen molar-refractivity contribution >= 4 is 17.2 Å². The maximum atomic E-state index is 14.4. The number of nitrogens with zero attached hydrogens (tertiary/aromatic N) is 2. The van der Waals surface area contributed by atoms with Gasteiger partial charge in [0.2, 0.25) is 0 Å². The number of hydrogen-bond acceptors (Lipinski definition) is 2. The second kappa shape index (κ2) is 6.53. The Morgan fingerprint density at radius 2 is 2.00 bits per heavy atom. The smallest absolute Gasteiger partial charge is 0.144 e. The summed E-state index contributed by atoms with van der Waals surface area (Å²) in [7, 11) is 3.72. The first-order chi connectivity index (χ1) is 9.20. The van der Waals surface area contributed by atoms with Gasteiger partial charge in [-0.2, -0.15) is 0 Å². The zero-order valence-corrected chi connectivity index (χ0v) is 14.1. The fraction of sp³-hybridized carbons (Fsp3) is 0.562. The van der Waals surface area contributed by atoms with Crippen LogP contribution in [0.4, 0.5) is 4.39 Å². The molecular weight excluding hydrogens is 271 g/mol. The molecule has 0 spiro atoms. The Bertz CT molecular complexity index is 473. The SMILES string of the molecule is CCC(C)(C)N(C(C)=S)C1=CC(F)=C(N(C)C)CC=C1. The predicted octanol–water partition coefficient (Wildman–Crippen LogP) is 4.41. The molecule has 1 aliphatic carbocycles. The average Bonchev–Trinajstić information content (AvgIpc) is 2.50. The van der Waals surface area contributed by atoms with Gasteiger partial charge in [0.05, 0.1) is 10.7 Å². The van der Waals surface area contributed by atoms with Gasteiger partial charge >= 0.3 is 0 Å². The summed E-state index contributed by atoms with van der Waals surface area (Å²) in [6.07, 6.45) is 7.06. The largest absolute Gasteiger partial charge is 0.378 e. The fourth-order valence-electron chi connectivity index (χ4n) is 2.30. The maximum Gasteiger partial charge on any atom is 0.144 e. The highest BCUT2D eigenvalue weighted by Gasteiger charge is 2.28. The van der Waals surface area contributed by atoms with Gasteiger partial charge in [-0.15, -0.1) is 0 Å². The molecule has 0 aliphatic heterocycles. The molecule has 0 atom stereocenters. The van der Waals surface area contributed by atoms with E-state index in [9.17, 15) is 4.39 Å². The van der Waals surface area contributed by atoms with Crippen molar-refractivity contribution in [3.05, 3.63) is 35.4 Å². The number of allylic oxidation sites excluding steroid dienone is 4. The van der Waals surface area contributed by atoms with Crippen LogP contribution in [0.5, 0.6) is 0 Å². The maximum absolute atomic E-state index is 14.4. The van der Waals surface area contributed by atoms with Gasteiger partial charge in [0.1, 0.15) is 5.83 Å². The first kappa shape index (κ1) is 16.9. The minimum atomic E-state index is -0.192. The van der Waals surface area contributed by atoms with E-state index in [0.29, 0.717) is 12.1 Å². The molecule has 0 heterocycles. The molecule has 2 nitrogen and oxygen atoms in total. The Labute approximate surface area is 127 Å². The van der Waals surface area contributed by atoms with Crippen molar-refractivity contribution in [1.82, 2.24) is 9.80 Å². The minimum absolute atomic E-state index is 0.134. The summed E-state index contributed by atoms with van der Waals surface area (Å²) in [6.45, 7) is 8.25. The summed E-state index contributed by atoms with van der Waals surface area (Å²) in [6, 6.07) is 0. The Hall–Kier alpha value is -1.16. The van der Waals surface area contributed by atoms with Gasteiger partial charge in [-0.3, -0.25) is 0 Å². The lowest BCUT2D eigenvalue weighted by atomic mass is 9.98. The van der Waals surface area contributed by atoms with E-state index in [1.54, 1.807) is 6.08 Å². The lowest BCUT2D eigenvalue weighted by molar-refractivity contribution is 0.262. The first-order valence-electron chi connectivity index (χ1n) is 6.95. The molecule has 0 unspecified atom stereocenters. The van der Waals surface area contributed by atoms with Crippen molar-refractivity contribution in [2.45, 2.75) is 46.1 Å².